The molecule has 0 aromatic heterocycles. The van der Waals surface area contributed by atoms with Crippen molar-refractivity contribution in [1.82, 2.24) is 0 Å². The molecular formula is C14H19NO2. The van der Waals surface area contributed by atoms with Gasteiger partial charge in [0, 0.05) is 0 Å². The van der Waals surface area contributed by atoms with Crippen LogP contribution in [-0.2, 0) is 0 Å². The molecule has 1 atom stereocenters. The molecule has 1 rings (SSSR count). The van der Waals surface area contributed by atoms with Crippen LogP contribution < -0.4 is 4.74 Å². The second-order valence-electron chi connectivity index (χ2n) is 4.23. The first kappa shape index (κ1) is 13.5. The lowest BCUT2D eigenvalue weighted by Crippen LogP contribution is -2.06. The van der Waals surface area contributed by atoms with Crippen LogP contribution in [0.5, 0.6) is 5.75 Å². The van der Waals surface area contributed by atoms with Gasteiger partial charge >= 0.3 is 0 Å². The van der Waals surface area contributed by atoms with Gasteiger partial charge in [0.2, 0.25) is 6.54 Å². The lowest BCUT2D eigenvalue weighted by Gasteiger charge is -2.16. The van der Waals surface area contributed by atoms with Gasteiger partial charge in [-0.3, -0.25) is 0 Å². The van der Waals surface area contributed by atoms with Crippen molar-refractivity contribution < 1.29 is 9.84 Å². The summed E-state index contributed by atoms with van der Waals surface area (Å²) in [5, 5.41) is 9.92. The van der Waals surface area contributed by atoms with Gasteiger partial charge in [-0.25, -0.2) is 6.57 Å². The molecule has 0 amide bonds. The zero-order chi connectivity index (χ0) is 12.8. The van der Waals surface area contributed by atoms with E-state index in [9.17, 15) is 5.11 Å². The van der Waals surface area contributed by atoms with Crippen molar-refractivity contribution in [3.8, 4) is 5.75 Å². The van der Waals surface area contributed by atoms with E-state index < -0.39 is 6.10 Å². The minimum absolute atomic E-state index is 0.105. The van der Waals surface area contributed by atoms with Crippen LogP contribution in [0.1, 0.15) is 43.9 Å². The number of rotatable bonds is 5. The average molecular weight is 233 g/mol. The molecule has 0 aliphatic heterocycles. The summed E-state index contributed by atoms with van der Waals surface area (Å²) in [7, 11) is 0. The van der Waals surface area contributed by atoms with E-state index in [0.29, 0.717) is 12.5 Å². The number of hydrogen-bond donors (Lipinski definition) is 1. The number of aliphatic hydroxyl groups excluding tert-OH is 1. The number of aliphatic hydroxyl groups is 1. The van der Waals surface area contributed by atoms with Crippen molar-refractivity contribution in [1.29, 1.82) is 0 Å². The summed E-state index contributed by atoms with van der Waals surface area (Å²) in [6.07, 6.45) is -0.708. The molecule has 1 N–H and O–H groups in total. The SMILES string of the molecule is [C-]#[N+]CC(O)c1ccc(OCC)cc1C(C)C. The van der Waals surface area contributed by atoms with E-state index in [1.807, 2.05) is 25.1 Å². The lowest BCUT2D eigenvalue weighted by atomic mass is 9.93. The molecule has 92 valence electrons. The molecular weight excluding hydrogens is 214 g/mol. The van der Waals surface area contributed by atoms with Gasteiger partial charge in [-0.1, -0.05) is 19.9 Å². The molecule has 0 fully saturated rings. The highest BCUT2D eigenvalue weighted by molar-refractivity contribution is 5.39. The zero-order valence-corrected chi connectivity index (χ0v) is 10.6. The van der Waals surface area contributed by atoms with Crippen LogP contribution in [-0.4, -0.2) is 18.3 Å². The van der Waals surface area contributed by atoms with E-state index in [2.05, 4.69) is 18.7 Å². The Labute approximate surface area is 103 Å². The highest BCUT2D eigenvalue weighted by Gasteiger charge is 2.17. The predicted molar refractivity (Wildman–Crippen MR) is 68.1 cm³/mol. The summed E-state index contributed by atoms with van der Waals surface area (Å²) in [4.78, 5) is 3.24. The number of nitrogens with zero attached hydrogens (tertiary/aromatic N) is 1. The van der Waals surface area contributed by atoms with Crippen LogP contribution in [0.4, 0.5) is 0 Å². The topological polar surface area (TPSA) is 33.8 Å². The molecule has 1 unspecified atom stereocenters. The van der Waals surface area contributed by atoms with Crippen LogP contribution in [0.15, 0.2) is 18.2 Å². The van der Waals surface area contributed by atoms with Gasteiger partial charge in [-0.05, 0) is 36.1 Å². The van der Waals surface area contributed by atoms with E-state index in [1.54, 1.807) is 0 Å². The van der Waals surface area contributed by atoms with Crippen molar-refractivity contribution in [2.75, 3.05) is 13.2 Å². The summed E-state index contributed by atoms with van der Waals surface area (Å²) >= 11 is 0. The smallest absolute Gasteiger partial charge is 0.244 e. The van der Waals surface area contributed by atoms with Crippen LogP contribution in [0.2, 0.25) is 0 Å². The fourth-order valence-corrected chi connectivity index (χ4v) is 1.80. The maximum Gasteiger partial charge on any atom is 0.244 e. The number of benzene rings is 1. The molecule has 0 heterocycles. The van der Waals surface area contributed by atoms with Gasteiger partial charge in [0.05, 0.1) is 6.61 Å². The molecule has 0 saturated heterocycles. The Bertz CT molecular complexity index is 407. The third-order valence-corrected chi connectivity index (χ3v) is 2.61. The number of hydrogen-bond acceptors (Lipinski definition) is 2. The fourth-order valence-electron chi connectivity index (χ4n) is 1.80. The van der Waals surface area contributed by atoms with Gasteiger partial charge < -0.3 is 14.7 Å². The van der Waals surface area contributed by atoms with Crippen molar-refractivity contribution >= 4 is 0 Å². The predicted octanol–water partition coefficient (Wildman–Crippen LogP) is 3.16. The minimum atomic E-state index is -0.708. The summed E-state index contributed by atoms with van der Waals surface area (Å²) in [5.41, 5.74) is 1.88. The van der Waals surface area contributed by atoms with Gasteiger partial charge in [-0.15, -0.1) is 0 Å². The van der Waals surface area contributed by atoms with Crippen LogP contribution in [0, 0.1) is 6.57 Å². The minimum Gasteiger partial charge on any atom is -0.494 e. The molecule has 0 saturated carbocycles. The van der Waals surface area contributed by atoms with Gasteiger partial charge in [0.25, 0.3) is 0 Å². The Kier molecular flexibility index (Phi) is 4.99. The normalized spacial score (nSPS) is 12.2. The zero-order valence-electron chi connectivity index (χ0n) is 10.6. The number of ether oxygens (including phenoxy) is 1. The van der Waals surface area contributed by atoms with E-state index in [-0.39, 0.29) is 6.54 Å². The maximum atomic E-state index is 9.92. The van der Waals surface area contributed by atoms with Gasteiger partial charge in [0.15, 0.2) is 6.10 Å². The molecule has 0 aliphatic carbocycles. The molecule has 0 spiro atoms. The second kappa shape index (κ2) is 6.27. The highest BCUT2D eigenvalue weighted by atomic mass is 16.5. The third-order valence-electron chi connectivity index (χ3n) is 2.61. The molecule has 0 bridgehead atoms. The summed E-state index contributed by atoms with van der Waals surface area (Å²) in [6, 6.07) is 5.66. The summed E-state index contributed by atoms with van der Waals surface area (Å²) in [5.74, 6) is 1.11. The summed E-state index contributed by atoms with van der Waals surface area (Å²) in [6.45, 7) is 13.6. The standard InChI is InChI=1S/C14H19NO2/c1-5-17-11-6-7-12(14(16)9-15-4)13(8-11)10(2)3/h6-8,10,14,16H,5,9H2,1-3H3. The lowest BCUT2D eigenvalue weighted by molar-refractivity contribution is 0.193. The Morgan fingerprint density at radius 1 is 1.35 bits per heavy atom. The van der Waals surface area contributed by atoms with Crippen LogP contribution in [0.3, 0.4) is 0 Å². The molecule has 1 aromatic rings. The van der Waals surface area contributed by atoms with Crippen molar-refractivity contribution in [2.45, 2.75) is 32.8 Å². The Balaban J connectivity index is 3.09. The van der Waals surface area contributed by atoms with E-state index in [1.165, 1.54) is 0 Å². The fraction of sp³-hybridized carbons (Fsp3) is 0.500. The van der Waals surface area contributed by atoms with Gasteiger partial charge in [-0.2, -0.15) is 0 Å². The average Bonchev–Trinajstić information content (AvgIpc) is 2.29. The largest absolute Gasteiger partial charge is 0.494 e. The first-order chi connectivity index (χ1) is 8.10. The van der Waals surface area contributed by atoms with Gasteiger partial charge in [0.1, 0.15) is 5.75 Å². The van der Waals surface area contributed by atoms with Crippen LogP contribution >= 0.6 is 0 Å². The highest BCUT2D eigenvalue weighted by Crippen LogP contribution is 2.29. The maximum absolute atomic E-state index is 9.92. The van der Waals surface area contributed by atoms with Crippen molar-refractivity contribution in [3.63, 3.8) is 0 Å². The molecule has 1 aromatic carbocycles. The van der Waals surface area contributed by atoms with E-state index in [4.69, 9.17) is 11.3 Å². The first-order valence-corrected chi connectivity index (χ1v) is 5.88. The Hall–Kier alpha value is -1.53. The summed E-state index contributed by atoms with van der Waals surface area (Å²) < 4.78 is 5.45. The molecule has 17 heavy (non-hydrogen) atoms. The van der Waals surface area contributed by atoms with E-state index >= 15 is 0 Å². The molecule has 3 heteroatoms. The molecule has 3 nitrogen and oxygen atoms in total. The Morgan fingerprint density at radius 2 is 2.06 bits per heavy atom. The third kappa shape index (κ3) is 3.47. The van der Waals surface area contributed by atoms with Crippen LogP contribution in [0.25, 0.3) is 4.85 Å². The Morgan fingerprint density at radius 3 is 2.59 bits per heavy atom. The monoisotopic (exact) mass is 233 g/mol. The first-order valence-electron chi connectivity index (χ1n) is 5.88. The van der Waals surface area contributed by atoms with Crippen molar-refractivity contribution in [3.05, 3.63) is 40.7 Å². The molecule has 0 radical (unpaired) electrons. The van der Waals surface area contributed by atoms with Crippen molar-refractivity contribution in [2.24, 2.45) is 0 Å². The van der Waals surface area contributed by atoms with E-state index in [0.717, 1.165) is 16.9 Å². The second-order valence-corrected chi connectivity index (χ2v) is 4.23. The molecule has 0 aliphatic rings. The quantitative estimate of drug-likeness (QED) is 0.793.